The van der Waals surface area contributed by atoms with Gasteiger partial charge in [-0.2, -0.15) is 0 Å². The van der Waals surface area contributed by atoms with Crippen LogP contribution in [-0.2, 0) is 0 Å². The minimum absolute atomic E-state index is 0.0505. The molecular weight excluding hydrogens is 400 g/mol. The first-order valence-electron chi connectivity index (χ1n) is 10.0. The number of hydrogen-bond donors (Lipinski definition) is 1. The molecule has 9 heteroatoms. The lowest BCUT2D eigenvalue weighted by molar-refractivity contribution is 0.0664. The molecule has 3 aromatic rings. The van der Waals surface area contributed by atoms with Crippen molar-refractivity contribution in [3.8, 4) is 0 Å². The lowest BCUT2D eigenvalue weighted by atomic mass is 10.1. The monoisotopic (exact) mass is 424 g/mol. The third-order valence-corrected chi connectivity index (χ3v) is 6.09. The molecule has 30 heavy (non-hydrogen) atoms. The number of carbonyl (C=O) groups is 2. The van der Waals surface area contributed by atoms with E-state index in [1.807, 2.05) is 35.2 Å². The van der Waals surface area contributed by atoms with Gasteiger partial charge in [0.2, 0.25) is 0 Å². The normalized spacial score (nSPS) is 14.8. The number of fused-ring (bicyclic) bond motifs is 1. The first-order valence-corrected chi connectivity index (χ1v) is 10.8. The number of amides is 1. The van der Waals surface area contributed by atoms with Gasteiger partial charge < -0.3 is 15.1 Å². The van der Waals surface area contributed by atoms with Crippen LogP contribution in [-0.4, -0.2) is 76.2 Å². The van der Waals surface area contributed by atoms with Crippen molar-refractivity contribution in [3.05, 3.63) is 47.2 Å². The number of hydrogen-bond acceptors (Lipinski definition) is 8. The smallest absolute Gasteiger partial charge is 0.283 e. The minimum Gasteiger partial charge on any atom is -0.368 e. The molecule has 1 aliphatic heterocycles. The van der Waals surface area contributed by atoms with E-state index in [1.54, 1.807) is 0 Å². The summed E-state index contributed by atoms with van der Waals surface area (Å²) < 4.78 is 0. The second-order valence-electron chi connectivity index (χ2n) is 7.31. The molecule has 1 aromatic carbocycles. The summed E-state index contributed by atoms with van der Waals surface area (Å²) >= 11 is 1.29. The van der Waals surface area contributed by atoms with Crippen molar-refractivity contribution in [2.45, 2.75) is 12.8 Å². The zero-order valence-electron chi connectivity index (χ0n) is 16.9. The van der Waals surface area contributed by atoms with Gasteiger partial charge in [-0.15, -0.1) is 0 Å². The van der Waals surface area contributed by atoms with Crippen molar-refractivity contribution >= 4 is 39.2 Å². The van der Waals surface area contributed by atoms with Crippen LogP contribution in [0, 0.1) is 0 Å². The maximum Gasteiger partial charge on any atom is 0.283 e. The third kappa shape index (κ3) is 4.63. The number of Topliss-reactive ketones (excluding diaryl/α,β-unsaturated/α-hetero) is 1. The molecule has 0 aliphatic carbocycles. The molecule has 0 spiro atoms. The van der Waals surface area contributed by atoms with Gasteiger partial charge in [-0.3, -0.25) is 9.59 Å². The quantitative estimate of drug-likeness (QED) is 0.460. The molecule has 0 atom stereocenters. The summed E-state index contributed by atoms with van der Waals surface area (Å²) in [6.45, 7) is 3.73. The number of carbonyl (C=O) groups excluding carboxylic acids is 2. The van der Waals surface area contributed by atoms with Crippen LogP contribution in [0.5, 0.6) is 0 Å². The van der Waals surface area contributed by atoms with Gasteiger partial charge >= 0.3 is 0 Å². The zero-order chi connectivity index (χ0) is 20.9. The van der Waals surface area contributed by atoms with Gasteiger partial charge in [0.05, 0.1) is 0 Å². The van der Waals surface area contributed by atoms with E-state index in [0.717, 1.165) is 18.7 Å². The van der Waals surface area contributed by atoms with Crippen molar-refractivity contribution in [2.24, 2.45) is 0 Å². The second kappa shape index (κ2) is 9.27. The highest BCUT2D eigenvalue weighted by Gasteiger charge is 2.24. The number of rotatable bonds is 7. The van der Waals surface area contributed by atoms with E-state index >= 15 is 0 Å². The molecular formula is C21H24N6O2S. The van der Waals surface area contributed by atoms with Gasteiger partial charge in [0.15, 0.2) is 16.6 Å². The average molecular weight is 425 g/mol. The van der Waals surface area contributed by atoms with Crippen LogP contribution in [0.4, 0.5) is 5.82 Å². The first-order chi connectivity index (χ1) is 14.6. The molecule has 1 saturated heterocycles. The number of nitrogens with one attached hydrogen (secondary N) is 1. The zero-order valence-corrected chi connectivity index (χ0v) is 17.7. The van der Waals surface area contributed by atoms with Crippen LogP contribution < -0.4 is 5.32 Å². The van der Waals surface area contributed by atoms with E-state index in [4.69, 9.17) is 0 Å². The van der Waals surface area contributed by atoms with Crippen LogP contribution >= 0.6 is 11.3 Å². The van der Waals surface area contributed by atoms with Crippen molar-refractivity contribution in [2.75, 3.05) is 45.1 Å². The predicted molar refractivity (Wildman–Crippen MR) is 117 cm³/mol. The Hall–Kier alpha value is -2.91. The van der Waals surface area contributed by atoms with Crippen LogP contribution in [0.25, 0.3) is 10.3 Å². The highest BCUT2D eigenvalue weighted by molar-refractivity contribution is 7.19. The Morgan fingerprint density at radius 1 is 1.10 bits per heavy atom. The number of benzene rings is 1. The molecule has 1 aliphatic rings. The summed E-state index contributed by atoms with van der Waals surface area (Å²) in [5.41, 5.74) is 1.34. The van der Waals surface area contributed by atoms with E-state index in [1.165, 1.54) is 17.7 Å². The first kappa shape index (κ1) is 20.4. The van der Waals surface area contributed by atoms with Gasteiger partial charge in [-0.05, 0) is 13.5 Å². The van der Waals surface area contributed by atoms with E-state index in [2.05, 4.69) is 32.2 Å². The van der Waals surface area contributed by atoms with Gasteiger partial charge in [-0.25, -0.2) is 15.0 Å². The molecule has 0 unspecified atom stereocenters. The van der Waals surface area contributed by atoms with Crippen LogP contribution in [0.15, 0.2) is 36.7 Å². The summed E-state index contributed by atoms with van der Waals surface area (Å²) in [4.78, 5) is 42.8. The fourth-order valence-corrected chi connectivity index (χ4v) is 4.22. The van der Waals surface area contributed by atoms with Crippen molar-refractivity contribution in [1.29, 1.82) is 0 Å². The lowest BCUT2D eigenvalue weighted by Gasteiger charge is -2.31. The molecule has 2 aromatic heterocycles. The van der Waals surface area contributed by atoms with Crippen LogP contribution in [0.1, 0.15) is 33.0 Å². The summed E-state index contributed by atoms with van der Waals surface area (Å²) in [6, 6.07) is 9.30. The molecule has 4 rings (SSSR count). The number of anilines is 1. The van der Waals surface area contributed by atoms with E-state index < -0.39 is 0 Å². The molecule has 0 bridgehead atoms. The summed E-state index contributed by atoms with van der Waals surface area (Å²) in [5.74, 6) is 0.672. The fourth-order valence-electron chi connectivity index (χ4n) is 3.34. The lowest BCUT2D eigenvalue weighted by Crippen LogP contribution is -2.47. The number of thiazole rings is 1. The Kier molecular flexibility index (Phi) is 6.29. The molecule has 1 amide bonds. The molecule has 8 nitrogen and oxygen atoms in total. The fraction of sp³-hybridized carbons (Fsp3) is 0.381. The van der Waals surface area contributed by atoms with Crippen LogP contribution in [0.2, 0.25) is 0 Å². The number of nitrogens with zero attached hydrogens (tertiary/aromatic N) is 5. The largest absolute Gasteiger partial charge is 0.368 e. The van der Waals surface area contributed by atoms with E-state index in [0.29, 0.717) is 53.6 Å². The molecule has 0 radical (unpaired) electrons. The third-order valence-electron chi connectivity index (χ3n) is 5.14. The van der Waals surface area contributed by atoms with Gasteiger partial charge in [-0.1, -0.05) is 41.7 Å². The van der Waals surface area contributed by atoms with Gasteiger partial charge in [0.1, 0.15) is 16.7 Å². The summed E-state index contributed by atoms with van der Waals surface area (Å²) in [6.07, 6.45) is 2.61. The summed E-state index contributed by atoms with van der Waals surface area (Å²) in [5, 5.41) is 3.68. The summed E-state index contributed by atoms with van der Waals surface area (Å²) in [7, 11) is 2.06. The van der Waals surface area contributed by atoms with E-state index in [-0.39, 0.29) is 11.7 Å². The van der Waals surface area contributed by atoms with Crippen molar-refractivity contribution < 1.29 is 9.59 Å². The number of likely N-dealkylation sites (N-methyl/N-ethyl adjacent to an activating group) is 1. The Labute approximate surface area is 179 Å². The van der Waals surface area contributed by atoms with Crippen LogP contribution in [0.3, 0.4) is 0 Å². The van der Waals surface area contributed by atoms with Gasteiger partial charge in [0.25, 0.3) is 5.91 Å². The SMILES string of the molecule is CN1CCN(C(=O)c2nc3c(NCCCC(=O)c4ccccc4)ncnc3s2)CC1. The highest BCUT2D eigenvalue weighted by atomic mass is 32.1. The van der Waals surface area contributed by atoms with E-state index in [9.17, 15) is 9.59 Å². The van der Waals surface area contributed by atoms with Crippen molar-refractivity contribution in [1.82, 2.24) is 24.8 Å². The maximum atomic E-state index is 12.8. The Bertz CT molecular complexity index is 1030. The standard InChI is InChI=1S/C21H24N6O2S/c1-26-10-12-27(13-11-26)21(29)20-25-17-18(23-14-24-19(17)30-20)22-9-5-8-16(28)15-6-3-2-4-7-15/h2-4,6-7,14H,5,8-13H2,1H3,(H,22,23,24). The number of aromatic nitrogens is 3. The number of piperazine rings is 1. The highest BCUT2D eigenvalue weighted by Crippen LogP contribution is 2.25. The maximum absolute atomic E-state index is 12.8. The molecule has 1 N–H and O–H groups in total. The molecule has 0 saturated carbocycles. The second-order valence-corrected chi connectivity index (χ2v) is 8.29. The Morgan fingerprint density at radius 2 is 1.87 bits per heavy atom. The molecule has 1 fully saturated rings. The molecule has 3 heterocycles. The minimum atomic E-state index is -0.0505. The van der Waals surface area contributed by atoms with Crippen molar-refractivity contribution in [3.63, 3.8) is 0 Å². The topological polar surface area (TPSA) is 91.3 Å². The van der Waals surface area contributed by atoms with Gasteiger partial charge in [0, 0.05) is 44.7 Å². The Morgan fingerprint density at radius 3 is 2.63 bits per heavy atom. The predicted octanol–water partition coefficient (Wildman–Crippen LogP) is 2.55. The molecule has 156 valence electrons. The number of ketones is 1. The Balaban J connectivity index is 1.37. The average Bonchev–Trinajstić information content (AvgIpc) is 3.22.